The van der Waals surface area contributed by atoms with E-state index < -0.39 is 0 Å². The van der Waals surface area contributed by atoms with Crippen LogP contribution in [-0.2, 0) is 22.7 Å². The number of amides is 2. The van der Waals surface area contributed by atoms with Crippen LogP contribution in [0.5, 0.6) is 0 Å². The molecule has 1 fully saturated rings. The highest BCUT2D eigenvalue weighted by molar-refractivity contribution is 5.94. The number of halogens is 1. The summed E-state index contributed by atoms with van der Waals surface area (Å²) in [6, 6.07) is 13.5. The van der Waals surface area contributed by atoms with Gasteiger partial charge >= 0.3 is 0 Å². The first-order valence-electron chi connectivity index (χ1n) is 10.2. The maximum atomic E-state index is 13.1. The van der Waals surface area contributed by atoms with Crippen molar-refractivity contribution in [3.63, 3.8) is 0 Å². The third-order valence-electron chi connectivity index (χ3n) is 5.23. The molecule has 160 valence electrons. The minimum Gasteiger partial charge on any atom is -0.380 e. The van der Waals surface area contributed by atoms with Crippen LogP contribution < -0.4 is 5.32 Å². The number of benzene rings is 2. The van der Waals surface area contributed by atoms with Crippen molar-refractivity contribution >= 4 is 11.8 Å². The summed E-state index contributed by atoms with van der Waals surface area (Å²) >= 11 is 0. The van der Waals surface area contributed by atoms with Crippen LogP contribution in [0.2, 0.25) is 0 Å². The topological polar surface area (TPSA) is 61.9 Å². The zero-order valence-corrected chi connectivity index (χ0v) is 17.3. The molecule has 1 N–H and O–H groups in total. The molecule has 7 heteroatoms. The maximum absolute atomic E-state index is 13.1. The average molecular weight is 413 g/mol. The summed E-state index contributed by atoms with van der Waals surface area (Å²) in [6.45, 7) is 3.81. The molecule has 3 rings (SSSR count). The predicted octanol–water partition coefficient (Wildman–Crippen LogP) is 2.44. The fourth-order valence-electron chi connectivity index (χ4n) is 3.59. The van der Waals surface area contributed by atoms with Gasteiger partial charge in [0.1, 0.15) is 5.82 Å². The van der Waals surface area contributed by atoms with Gasteiger partial charge in [-0.3, -0.25) is 14.5 Å². The minimum atomic E-state index is -0.357. The zero-order chi connectivity index (χ0) is 21.3. The van der Waals surface area contributed by atoms with Crippen LogP contribution in [-0.4, -0.2) is 61.4 Å². The van der Waals surface area contributed by atoms with Crippen molar-refractivity contribution in [2.24, 2.45) is 0 Å². The Kier molecular flexibility index (Phi) is 7.93. The number of nitrogens with one attached hydrogen (secondary N) is 1. The van der Waals surface area contributed by atoms with E-state index in [0.29, 0.717) is 44.9 Å². The second-order valence-corrected chi connectivity index (χ2v) is 7.41. The van der Waals surface area contributed by atoms with Gasteiger partial charge in [0.2, 0.25) is 5.91 Å². The van der Waals surface area contributed by atoms with Crippen LogP contribution in [0.15, 0.2) is 48.5 Å². The molecule has 1 heterocycles. The van der Waals surface area contributed by atoms with E-state index in [0.717, 1.165) is 24.1 Å². The van der Waals surface area contributed by atoms with E-state index >= 15 is 0 Å². The predicted molar refractivity (Wildman–Crippen MR) is 112 cm³/mol. The van der Waals surface area contributed by atoms with Crippen molar-refractivity contribution in [2.75, 3.05) is 39.8 Å². The number of nitrogens with zero attached hydrogens (tertiary/aromatic N) is 2. The van der Waals surface area contributed by atoms with E-state index in [1.807, 2.05) is 24.3 Å². The largest absolute Gasteiger partial charge is 0.380 e. The van der Waals surface area contributed by atoms with Gasteiger partial charge in [-0.05, 0) is 41.8 Å². The fraction of sp³-hybridized carbons (Fsp3) is 0.391. The van der Waals surface area contributed by atoms with Crippen molar-refractivity contribution in [2.45, 2.75) is 19.6 Å². The number of rotatable bonds is 7. The number of ether oxygens (including phenoxy) is 1. The number of hydrogen-bond acceptors (Lipinski definition) is 4. The quantitative estimate of drug-likeness (QED) is 0.758. The lowest BCUT2D eigenvalue weighted by Crippen LogP contribution is -2.40. The lowest BCUT2D eigenvalue weighted by Gasteiger charge is -2.22. The Labute approximate surface area is 176 Å². The van der Waals surface area contributed by atoms with Crippen LogP contribution >= 0.6 is 0 Å². The Morgan fingerprint density at radius 1 is 1.00 bits per heavy atom. The van der Waals surface area contributed by atoms with Crippen LogP contribution in [0, 0.1) is 5.82 Å². The van der Waals surface area contributed by atoms with Gasteiger partial charge in [-0.25, -0.2) is 4.39 Å². The van der Waals surface area contributed by atoms with Gasteiger partial charge in [0.05, 0.1) is 13.2 Å². The summed E-state index contributed by atoms with van der Waals surface area (Å²) in [5.74, 6) is -0.499. The lowest BCUT2D eigenvalue weighted by molar-refractivity contribution is -0.122. The SMILES string of the molecule is COCc1ccccc1CNC(=O)CN1CCCN(C(=O)c2ccc(F)cc2)CC1. The van der Waals surface area contributed by atoms with Crippen molar-refractivity contribution in [1.29, 1.82) is 0 Å². The molecule has 6 nitrogen and oxygen atoms in total. The molecule has 0 spiro atoms. The van der Waals surface area contributed by atoms with E-state index in [-0.39, 0.29) is 17.6 Å². The highest BCUT2D eigenvalue weighted by Crippen LogP contribution is 2.11. The van der Waals surface area contributed by atoms with Crippen molar-refractivity contribution in [1.82, 2.24) is 15.1 Å². The standard InChI is InChI=1S/C23H28FN3O3/c1-30-17-20-6-3-2-5-19(20)15-25-22(28)16-26-11-4-12-27(14-13-26)23(29)18-7-9-21(24)10-8-18/h2-3,5-10H,4,11-17H2,1H3,(H,25,28). The van der Waals surface area contributed by atoms with E-state index in [1.54, 1.807) is 12.0 Å². The van der Waals surface area contributed by atoms with Crippen molar-refractivity contribution < 1.29 is 18.7 Å². The first kappa shape index (κ1) is 21.9. The van der Waals surface area contributed by atoms with Gasteiger partial charge in [0.25, 0.3) is 5.91 Å². The monoisotopic (exact) mass is 413 g/mol. The van der Waals surface area contributed by atoms with E-state index in [1.165, 1.54) is 24.3 Å². The second-order valence-electron chi connectivity index (χ2n) is 7.41. The third-order valence-corrected chi connectivity index (χ3v) is 5.23. The summed E-state index contributed by atoms with van der Waals surface area (Å²) < 4.78 is 18.3. The molecule has 1 aliphatic heterocycles. The molecule has 2 aromatic rings. The first-order chi connectivity index (χ1) is 14.6. The van der Waals surface area contributed by atoms with E-state index in [2.05, 4.69) is 10.2 Å². The normalized spacial score (nSPS) is 14.9. The second kappa shape index (κ2) is 10.8. The van der Waals surface area contributed by atoms with E-state index in [4.69, 9.17) is 4.74 Å². The molecule has 0 unspecified atom stereocenters. The zero-order valence-electron chi connectivity index (χ0n) is 17.3. The summed E-state index contributed by atoms with van der Waals surface area (Å²) in [7, 11) is 1.65. The highest BCUT2D eigenvalue weighted by Gasteiger charge is 2.21. The number of hydrogen-bond donors (Lipinski definition) is 1. The van der Waals surface area contributed by atoms with Gasteiger partial charge in [0.15, 0.2) is 0 Å². The van der Waals surface area contributed by atoms with Crippen LogP contribution in [0.1, 0.15) is 27.9 Å². The lowest BCUT2D eigenvalue weighted by atomic mass is 10.1. The molecule has 1 aliphatic rings. The van der Waals surface area contributed by atoms with Crippen LogP contribution in [0.3, 0.4) is 0 Å². The molecular formula is C23H28FN3O3. The molecule has 0 radical (unpaired) electrons. The van der Waals surface area contributed by atoms with Crippen molar-refractivity contribution in [3.8, 4) is 0 Å². The summed E-state index contributed by atoms with van der Waals surface area (Å²) in [4.78, 5) is 28.9. The van der Waals surface area contributed by atoms with Crippen molar-refractivity contribution in [3.05, 3.63) is 71.0 Å². The molecule has 30 heavy (non-hydrogen) atoms. The Hall–Kier alpha value is -2.77. The Morgan fingerprint density at radius 2 is 1.73 bits per heavy atom. The van der Waals surface area contributed by atoms with Crippen LogP contribution in [0.4, 0.5) is 4.39 Å². The third kappa shape index (κ3) is 6.11. The Morgan fingerprint density at radius 3 is 2.47 bits per heavy atom. The summed E-state index contributed by atoms with van der Waals surface area (Å²) in [5, 5.41) is 2.98. The molecule has 0 saturated carbocycles. The molecule has 1 saturated heterocycles. The first-order valence-corrected chi connectivity index (χ1v) is 10.2. The van der Waals surface area contributed by atoms with Gasteiger partial charge < -0.3 is 15.0 Å². The molecule has 0 atom stereocenters. The Bertz CT molecular complexity index is 857. The number of carbonyl (C=O) groups excluding carboxylic acids is 2. The van der Waals surface area contributed by atoms with Gasteiger partial charge in [-0.2, -0.15) is 0 Å². The fourth-order valence-corrected chi connectivity index (χ4v) is 3.59. The maximum Gasteiger partial charge on any atom is 0.253 e. The molecule has 2 amide bonds. The smallest absolute Gasteiger partial charge is 0.253 e. The minimum absolute atomic E-state index is 0.0412. The number of carbonyl (C=O) groups is 2. The van der Waals surface area contributed by atoms with Gasteiger partial charge in [0, 0.05) is 45.4 Å². The molecule has 0 aliphatic carbocycles. The molecule has 0 aromatic heterocycles. The number of methoxy groups -OCH3 is 1. The van der Waals surface area contributed by atoms with Crippen LogP contribution in [0.25, 0.3) is 0 Å². The Balaban J connectivity index is 1.48. The van der Waals surface area contributed by atoms with Gasteiger partial charge in [-0.1, -0.05) is 24.3 Å². The molecule has 0 bridgehead atoms. The van der Waals surface area contributed by atoms with Gasteiger partial charge in [-0.15, -0.1) is 0 Å². The average Bonchev–Trinajstić information content (AvgIpc) is 2.99. The summed E-state index contributed by atoms with van der Waals surface area (Å²) in [5.41, 5.74) is 2.59. The molecule has 2 aromatic carbocycles. The van der Waals surface area contributed by atoms with E-state index in [9.17, 15) is 14.0 Å². The highest BCUT2D eigenvalue weighted by atomic mass is 19.1. The molecular weight excluding hydrogens is 385 g/mol. The summed E-state index contributed by atoms with van der Waals surface area (Å²) in [6.07, 6.45) is 0.789.